The zero-order valence-electron chi connectivity index (χ0n) is 18.0. The predicted octanol–water partition coefficient (Wildman–Crippen LogP) is 5.65. The van der Waals surface area contributed by atoms with Gasteiger partial charge in [-0.2, -0.15) is 18.3 Å². The van der Waals surface area contributed by atoms with Crippen molar-refractivity contribution in [1.82, 2.24) is 4.57 Å². The fourth-order valence-corrected chi connectivity index (χ4v) is 3.51. The summed E-state index contributed by atoms with van der Waals surface area (Å²) >= 11 is 0. The van der Waals surface area contributed by atoms with E-state index in [0.717, 1.165) is 23.0 Å². The van der Waals surface area contributed by atoms with E-state index in [1.807, 2.05) is 42.5 Å². The Morgan fingerprint density at radius 1 is 1.06 bits per heavy atom. The number of hydrazone groups is 1. The van der Waals surface area contributed by atoms with Gasteiger partial charge in [-0.15, -0.1) is 0 Å². The van der Waals surface area contributed by atoms with Crippen molar-refractivity contribution in [3.8, 4) is 0 Å². The normalized spacial score (nSPS) is 11.6. The molecule has 11 heteroatoms. The van der Waals surface area contributed by atoms with Crippen LogP contribution in [0.2, 0.25) is 0 Å². The fraction of sp³-hybridized carbons (Fsp3) is 0.0833. The van der Waals surface area contributed by atoms with E-state index in [1.165, 1.54) is 6.21 Å². The second-order valence-electron chi connectivity index (χ2n) is 7.50. The molecule has 0 saturated carbocycles. The summed E-state index contributed by atoms with van der Waals surface area (Å²) in [7, 11) is 0. The summed E-state index contributed by atoms with van der Waals surface area (Å²) in [4.78, 5) is 22.9. The van der Waals surface area contributed by atoms with Gasteiger partial charge in [-0.3, -0.25) is 20.3 Å². The molecule has 1 aromatic heterocycles. The number of aromatic nitrogens is 1. The van der Waals surface area contributed by atoms with E-state index in [4.69, 9.17) is 0 Å². The van der Waals surface area contributed by atoms with Gasteiger partial charge in [0.2, 0.25) is 5.91 Å². The minimum Gasteiger partial charge on any atom is -0.337 e. The predicted molar refractivity (Wildman–Crippen MR) is 126 cm³/mol. The van der Waals surface area contributed by atoms with Gasteiger partial charge in [0.05, 0.1) is 16.7 Å². The van der Waals surface area contributed by atoms with Crippen LogP contribution in [0.5, 0.6) is 0 Å². The number of hydrogen-bond donors (Lipinski definition) is 2. The van der Waals surface area contributed by atoms with Crippen LogP contribution in [0.4, 0.5) is 30.2 Å². The third kappa shape index (κ3) is 5.46. The molecule has 1 heterocycles. The largest absolute Gasteiger partial charge is 0.416 e. The lowest BCUT2D eigenvalue weighted by molar-refractivity contribution is -0.384. The Labute approximate surface area is 196 Å². The summed E-state index contributed by atoms with van der Waals surface area (Å²) in [5, 5.41) is 18.8. The number of nitro benzene ring substituents is 1. The number of halogens is 3. The van der Waals surface area contributed by atoms with Crippen molar-refractivity contribution in [1.29, 1.82) is 0 Å². The number of amides is 1. The standard InChI is InChI=1S/C24H18F3N5O3/c25-24(26,27)17-10-11-20(22(12-17)32(34)35)30-28-13-16-14-31(21-9-5-4-8-19(16)21)15-23(33)29-18-6-2-1-3-7-18/h1-14,30H,15H2,(H,29,33)/b28-13-. The molecule has 0 spiro atoms. The molecule has 35 heavy (non-hydrogen) atoms. The van der Waals surface area contributed by atoms with Crippen LogP contribution in [0.25, 0.3) is 10.9 Å². The number of carbonyl (C=O) groups is 1. The van der Waals surface area contributed by atoms with Crippen LogP contribution in [0, 0.1) is 10.1 Å². The van der Waals surface area contributed by atoms with Gasteiger partial charge >= 0.3 is 6.18 Å². The highest BCUT2D eigenvalue weighted by Crippen LogP contribution is 2.35. The number of alkyl halides is 3. The zero-order chi connectivity index (χ0) is 25.0. The molecular weight excluding hydrogens is 463 g/mol. The maximum Gasteiger partial charge on any atom is 0.416 e. The fourth-order valence-electron chi connectivity index (χ4n) is 3.51. The number of nitrogens with zero attached hydrogens (tertiary/aromatic N) is 3. The molecular formula is C24H18F3N5O3. The monoisotopic (exact) mass is 481 g/mol. The van der Waals surface area contributed by atoms with Crippen LogP contribution in [-0.2, 0) is 17.5 Å². The summed E-state index contributed by atoms with van der Waals surface area (Å²) < 4.78 is 40.4. The molecule has 8 nitrogen and oxygen atoms in total. The summed E-state index contributed by atoms with van der Waals surface area (Å²) in [5.41, 5.74) is 2.40. The highest BCUT2D eigenvalue weighted by Gasteiger charge is 2.33. The summed E-state index contributed by atoms with van der Waals surface area (Å²) in [6.07, 6.45) is -1.63. The lowest BCUT2D eigenvalue weighted by Crippen LogP contribution is -2.18. The Morgan fingerprint density at radius 3 is 2.49 bits per heavy atom. The van der Waals surface area contributed by atoms with Crippen molar-refractivity contribution in [2.45, 2.75) is 12.7 Å². The number of anilines is 2. The van der Waals surface area contributed by atoms with Gasteiger partial charge in [-0.25, -0.2) is 0 Å². The molecule has 3 aromatic carbocycles. The molecule has 0 saturated heterocycles. The van der Waals surface area contributed by atoms with Crippen LogP contribution in [-0.4, -0.2) is 21.6 Å². The lowest BCUT2D eigenvalue weighted by atomic mass is 10.1. The molecule has 178 valence electrons. The van der Waals surface area contributed by atoms with Crippen LogP contribution in [0.15, 0.2) is 84.1 Å². The molecule has 4 rings (SSSR count). The Balaban J connectivity index is 1.56. The van der Waals surface area contributed by atoms with Crippen molar-refractivity contribution in [2.75, 3.05) is 10.7 Å². The minimum absolute atomic E-state index is 0.0288. The summed E-state index contributed by atoms with van der Waals surface area (Å²) in [6, 6.07) is 18.4. The number of nitro groups is 1. The smallest absolute Gasteiger partial charge is 0.337 e. The van der Waals surface area contributed by atoms with Crippen molar-refractivity contribution in [3.05, 3.63) is 100 Å². The lowest BCUT2D eigenvalue weighted by Gasteiger charge is -2.08. The van der Waals surface area contributed by atoms with Crippen molar-refractivity contribution >= 4 is 40.1 Å². The molecule has 0 aliphatic carbocycles. The molecule has 2 N–H and O–H groups in total. The first-order valence-corrected chi connectivity index (χ1v) is 10.3. The van der Waals surface area contributed by atoms with E-state index in [9.17, 15) is 28.1 Å². The SMILES string of the molecule is O=C(Cn1cc(/C=N\Nc2ccc(C(F)(F)F)cc2[N+](=O)[O-])c2ccccc21)Nc1ccccc1. The highest BCUT2D eigenvalue weighted by molar-refractivity contribution is 6.00. The maximum absolute atomic E-state index is 12.9. The first-order valence-electron chi connectivity index (χ1n) is 10.3. The first-order chi connectivity index (χ1) is 16.7. The number of fused-ring (bicyclic) bond motifs is 1. The van der Waals surface area contributed by atoms with Crippen molar-refractivity contribution in [2.24, 2.45) is 5.10 Å². The van der Waals surface area contributed by atoms with E-state index >= 15 is 0 Å². The molecule has 0 aliphatic rings. The molecule has 0 unspecified atom stereocenters. The van der Waals surface area contributed by atoms with E-state index in [1.54, 1.807) is 22.9 Å². The number of para-hydroxylation sites is 2. The van der Waals surface area contributed by atoms with E-state index in [0.29, 0.717) is 17.3 Å². The Hall–Kier alpha value is -4.67. The highest BCUT2D eigenvalue weighted by atomic mass is 19.4. The number of carbonyl (C=O) groups excluding carboxylic acids is 1. The van der Waals surface area contributed by atoms with Gasteiger partial charge in [-0.05, 0) is 30.3 Å². The molecule has 0 fully saturated rings. The van der Waals surface area contributed by atoms with E-state index in [-0.39, 0.29) is 18.1 Å². The van der Waals surface area contributed by atoms with Crippen molar-refractivity contribution in [3.63, 3.8) is 0 Å². The molecule has 0 radical (unpaired) electrons. The molecule has 4 aromatic rings. The zero-order valence-corrected chi connectivity index (χ0v) is 18.0. The van der Waals surface area contributed by atoms with Gasteiger partial charge in [-0.1, -0.05) is 36.4 Å². The summed E-state index contributed by atoms with van der Waals surface area (Å²) in [5.74, 6) is -0.237. The third-order valence-electron chi connectivity index (χ3n) is 5.10. The Morgan fingerprint density at radius 2 is 1.77 bits per heavy atom. The van der Waals surface area contributed by atoms with Crippen molar-refractivity contribution < 1.29 is 22.9 Å². The van der Waals surface area contributed by atoms with Gasteiger partial charge < -0.3 is 9.88 Å². The maximum atomic E-state index is 12.9. The molecule has 0 aliphatic heterocycles. The second-order valence-corrected chi connectivity index (χ2v) is 7.50. The van der Waals surface area contributed by atoms with E-state index in [2.05, 4.69) is 15.8 Å². The topological polar surface area (TPSA) is 102 Å². The number of benzene rings is 3. The van der Waals surface area contributed by atoms with Gasteiger partial charge in [0.15, 0.2) is 0 Å². The number of nitrogens with one attached hydrogen (secondary N) is 2. The van der Waals surface area contributed by atoms with Crippen LogP contribution in [0.1, 0.15) is 11.1 Å². The first kappa shape index (κ1) is 23.5. The van der Waals surface area contributed by atoms with Gasteiger partial charge in [0.1, 0.15) is 12.2 Å². The minimum atomic E-state index is -4.71. The molecule has 0 atom stereocenters. The molecule has 1 amide bonds. The summed E-state index contributed by atoms with van der Waals surface area (Å²) in [6.45, 7) is 0.0288. The van der Waals surface area contributed by atoms with E-state index < -0.39 is 22.4 Å². The van der Waals surface area contributed by atoms with Crippen LogP contribution in [0.3, 0.4) is 0 Å². The molecule has 0 bridgehead atoms. The average molecular weight is 481 g/mol. The quantitative estimate of drug-likeness (QED) is 0.202. The second kappa shape index (κ2) is 9.67. The third-order valence-corrected chi connectivity index (χ3v) is 5.10. The van der Waals surface area contributed by atoms with Crippen LogP contribution >= 0.6 is 0 Å². The Bertz CT molecular complexity index is 1420. The average Bonchev–Trinajstić information content (AvgIpc) is 3.16. The number of hydrogen-bond acceptors (Lipinski definition) is 5. The Kier molecular flexibility index (Phi) is 6.49. The number of rotatable bonds is 7. The van der Waals surface area contributed by atoms with Gasteiger partial charge in [0, 0.05) is 34.4 Å². The van der Waals surface area contributed by atoms with Gasteiger partial charge in [0.25, 0.3) is 5.69 Å². The van der Waals surface area contributed by atoms with Crippen LogP contribution < -0.4 is 10.7 Å².